The first-order valence-corrected chi connectivity index (χ1v) is 24.4. The lowest BCUT2D eigenvalue weighted by Gasteiger charge is -2.22. The van der Waals surface area contributed by atoms with Gasteiger partial charge in [-0.15, -0.1) is 0 Å². The van der Waals surface area contributed by atoms with E-state index >= 15 is 0 Å². The van der Waals surface area contributed by atoms with Crippen LogP contribution in [0.1, 0.15) is 264 Å². The summed E-state index contributed by atoms with van der Waals surface area (Å²) in [4.78, 5) is 24.4. The largest absolute Gasteiger partial charge is 0.466 e. The molecule has 0 rings (SSSR count). The minimum absolute atomic E-state index is 0.0285. The molecule has 0 heterocycles. The summed E-state index contributed by atoms with van der Waals surface area (Å²) in [6.45, 7) is 4.87. The van der Waals surface area contributed by atoms with Crippen LogP contribution in [0.15, 0.2) is 12.2 Å². The third kappa shape index (κ3) is 42.0. The lowest BCUT2D eigenvalue weighted by molar-refractivity contribution is -0.143. The Morgan fingerprint density at radius 2 is 0.855 bits per heavy atom. The smallest absolute Gasteiger partial charge is 0.305 e. The first-order chi connectivity index (χ1) is 27.0. The average molecular weight is 778 g/mol. The molecule has 6 heteroatoms. The van der Waals surface area contributed by atoms with Gasteiger partial charge >= 0.3 is 5.97 Å². The van der Waals surface area contributed by atoms with Gasteiger partial charge in [0.05, 0.1) is 25.4 Å². The van der Waals surface area contributed by atoms with Gasteiger partial charge in [0.25, 0.3) is 0 Å². The van der Waals surface area contributed by atoms with Crippen molar-refractivity contribution in [2.45, 2.75) is 276 Å². The molecule has 3 N–H and O–H groups in total. The molecule has 2 unspecified atom stereocenters. The number of hydrogen-bond acceptors (Lipinski definition) is 5. The summed E-state index contributed by atoms with van der Waals surface area (Å²) in [5, 5.41) is 23.1. The monoisotopic (exact) mass is 778 g/mol. The van der Waals surface area contributed by atoms with Gasteiger partial charge in [-0.3, -0.25) is 9.59 Å². The number of ether oxygens (including phenoxy) is 1. The maximum atomic E-state index is 12.4. The third-order valence-corrected chi connectivity index (χ3v) is 11.3. The number of carbonyl (C=O) groups excluding carboxylic acids is 2. The molecule has 0 aromatic rings. The molecule has 2 atom stereocenters. The van der Waals surface area contributed by atoms with E-state index in [0.717, 1.165) is 83.5 Å². The van der Waals surface area contributed by atoms with Crippen molar-refractivity contribution in [3.63, 3.8) is 0 Å². The molecule has 0 aromatic heterocycles. The molecule has 0 bridgehead atoms. The number of nitrogens with one attached hydrogen (secondary N) is 1. The van der Waals surface area contributed by atoms with Gasteiger partial charge < -0.3 is 20.3 Å². The first kappa shape index (κ1) is 53.6. The Hall–Kier alpha value is -1.40. The molecule has 0 fully saturated rings. The number of amides is 1. The predicted molar refractivity (Wildman–Crippen MR) is 237 cm³/mol. The highest BCUT2D eigenvalue weighted by atomic mass is 16.5. The SMILES string of the molecule is CCCCCCCCCCCCCCCCCC(=O)OCCCC/C=C\CCCCCCCC(=O)NC(CO)C(O)CCCCCCCCCCCCCC. The quantitative estimate of drug-likeness (QED) is 0.0325. The van der Waals surface area contributed by atoms with Crippen LogP contribution in [0.2, 0.25) is 0 Å². The highest BCUT2D eigenvalue weighted by molar-refractivity contribution is 5.76. The van der Waals surface area contributed by atoms with Crippen LogP contribution in [0.25, 0.3) is 0 Å². The molecule has 0 aliphatic carbocycles. The number of rotatable bonds is 45. The Morgan fingerprint density at radius 3 is 1.29 bits per heavy atom. The standard InChI is InChI=1S/C49H95NO5/c1-3-5-7-9-11-13-15-17-18-19-23-27-31-35-39-43-49(54)55-44-40-36-32-28-24-20-22-26-30-34-38-42-48(53)50-46(45-51)47(52)41-37-33-29-25-21-16-14-12-10-8-6-4-2/h24,28,46-47,51-52H,3-23,25-27,29-45H2,1-2H3,(H,50,53)/b28-24-. The second-order valence-electron chi connectivity index (χ2n) is 16.8. The highest BCUT2D eigenvalue weighted by Gasteiger charge is 2.20. The maximum absolute atomic E-state index is 12.4. The van der Waals surface area contributed by atoms with Crippen molar-refractivity contribution < 1.29 is 24.5 Å². The van der Waals surface area contributed by atoms with Crippen molar-refractivity contribution in [1.82, 2.24) is 5.32 Å². The molecule has 0 aromatic carbocycles. The van der Waals surface area contributed by atoms with Crippen LogP contribution in [0.5, 0.6) is 0 Å². The third-order valence-electron chi connectivity index (χ3n) is 11.3. The fourth-order valence-corrected chi connectivity index (χ4v) is 7.51. The van der Waals surface area contributed by atoms with E-state index < -0.39 is 12.1 Å². The number of hydrogen-bond donors (Lipinski definition) is 3. The molecule has 1 amide bonds. The fraction of sp³-hybridized carbons (Fsp3) is 0.918. The Morgan fingerprint density at radius 1 is 0.491 bits per heavy atom. The van der Waals surface area contributed by atoms with Crippen molar-refractivity contribution in [1.29, 1.82) is 0 Å². The molecule has 0 saturated heterocycles. The lowest BCUT2D eigenvalue weighted by Crippen LogP contribution is -2.45. The molecule has 0 aliphatic heterocycles. The van der Waals surface area contributed by atoms with E-state index in [0.29, 0.717) is 25.9 Å². The van der Waals surface area contributed by atoms with Gasteiger partial charge in [-0.05, 0) is 51.4 Å². The first-order valence-electron chi connectivity index (χ1n) is 24.4. The van der Waals surface area contributed by atoms with Crippen molar-refractivity contribution in [2.75, 3.05) is 13.2 Å². The minimum Gasteiger partial charge on any atom is -0.466 e. The summed E-state index contributed by atoms with van der Waals surface area (Å²) < 4.78 is 5.43. The predicted octanol–water partition coefficient (Wildman–Crippen LogP) is 14.2. The maximum Gasteiger partial charge on any atom is 0.305 e. The van der Waals surface area contributed by atoms with E-state index in [4.69, 9.17) is 4.74 Å². The van der Waals surface area contributed by atoms with Crippen LogP contribution in [0, 0.1) is 0 Å². The average Bonchev–Trinajstić information content (AvgIpc) is 3.18. The van der Waals surface area contributed by atoms with E-state index in [1.165, 1.54) is 148 Å². The van der Waals surface area contributed by atoms with E-state index in [1.807, 2.05) is 0 Å². The summed E-state index contributed by atoms with van der Waals surface area (Å²) >= 11 is 0. The normalized spacial score (nSPS) is 12.7. The summed E-state index contributed by atoms with van der Waals surface area (Å²) in [5.74, 6) is -0.0926. The van der Waals surface area contributed by atoms with Crippen LogP contribution in [0.3, 0.4) is 0 Å². The molecule has 6 nitrogen and oxygen atoms in total. The van der Waals surface area contributed by atoms with Gasteiger partial charge in [0.2, 0.25) is 5.91 Å². The number of carbonyl (C=O) groups is 2. The minimum atomic E-state index is -0.680. The topological polar surface area (TPSA) is 95.9 Å². The summed E-state index contributed by atoms with van der Waals surface area (Å²) in [6.07, 6.45) is 50.3. The molecule has 326 valence electrons. The number of aliphatic hydroxyl groups excluding tert-OH is 2. The van der Waals surface area contributed by atoms with E-state index in [2.05, 4.69) is 31.3 Å². The Kier molecular flexibility index (Phi) is 44.2. The summed E-state index contributed by atoms with van der Waals surface area (Å²) in [7, 11) is 0. The fourth-order valence-electron chi connectivity index (χ4n) is 7.51. The van der Waals surface area contributed by atoms with Crippen molar-refractivity contribution >= 4 is 11.9 Å². The Labute approximate surface area is 342 Å². The van der Waals surface area contributed by atoms with Crippen LogP contribution < -0.4 is 5.32 Å². The van der Waals surface area contributed by atoms with Gasteiger partial charge in [0.1, 0.15) is 0 Å². The molecule has 0 spiro atoms. The van der Waals surface area contributed by atoms with E-state index in [-0.39, 0.29) is 18.5 Å². The second-order valence-corrected chi connectivity index (χ2v) is 16.8. The van der Waals surface area contributed by atoms with E-state index in [9.17, 15) is 19.8 Å². The Balaban J connectivity index is 3.50. The summed E-state index contributed by atoms with van der Waals surface area (Å²) in [5.41, 5.74) is 0. The zero-order chi connectivity index (χ0) is 40.1. The van der Waals surface area contributed by atoms with E-state index in [1.54, 1.807) is 0 Å². The zero-order valence-corrected chi connectivity index (χ0v) is 36.9. The molecular weight excluding hydrogens is 683 g/mol. The van der Waals surface area contributed by atoms with Crippen LogP contribution in [-0.4, -0.2) is 47.4 Å². The van der Waals surface area contributed by atoms with Crippen molar-refractivity contribution in [3.8, 4) is 0 Å². The Bertz CT molecular complexity index is 817. The van der Waals surface area contributed by atoms with Gasteiger partial charge in [-0.2, -0.15) is 0 Å². The number of unbranched alkanes of at least 4 members (excludes halogenated alkanes) is 32. The zero-order valence-electron chi connectivity index (χ0n) is 36.9. The van der Waals surface area contributed by atoms with Gasteiger partial charge in [0, 0.05) is 12.8 Å². The number of aliphatic hydroxyl groups is 2. The van der Waals surface area contributed by atoms with Crippen LogP contribution in [-0.2, 0) is 14.3 Å². The summed E-state index contributed by atoms with van der Waals surface area (Å²) in [6, 6.07) is -0.560. The highest BCUT2D eigenvalue weighted by Crippen LogP contribution is 2.16. The van der Waals surface area contributed by atoms with Crippen molar-refractivity contribution in [3.05, 3.63) is 12.2 Å². The number of esters is 1. The molecule has 55 heavy (non-hydrogen) atoms. The van der Waals surface area contributed by atoms with Gasteiger partial charge in [-0.1, -0.05) is 212 Å². The van der Waals surface area contributed by atoms with Gasteiger partial charge in [-0.25, -0.2) is 0 Å². The second kappa shape index (κ2) is 45.3. The van der Waals surface area contributed by atoms with Gasteiger partial charge in [0.15, 0.2) is 0 Å². The van der Waals surface area contributed by atoms with Crippen LogP contribution in [0.4, 0.5) is 0 Å². The molecule has 0 saturated carbocycles. The lowest BCUT2D eigenvalue weighted by atomic mass is 10.0. The van der Waals surface area contributed by atoms with Crippen molar-refractivity contribution in [2.24, 2.45) is 0 Å². The molecular formula is C49H95NO5. The number of allylic oxidation sites excluding steroid dienone is 2. The molecule has 0 radical (unpaired) electrons. The molecule has 0 aliphatic rings. The van der Waals surface area contributed by atoms with Crippen LogP contribution >= 0.6 is 0 Å².